The molecule has 2 rings (SSSR count). The summed E-state index contributed by atoms with van der Waals surface area (Å²) in [7, 11) is 1.59. The smallest absolute Gasteiger partial charge is 0.329 e. The summed E-state index contributed by atoms with van der Waals surface area (Å²) in [5, 5.41) is 12.0. The largest absolute Gasteiger partial charge is 0.497 e. The predicted octanol–water partition coefficient (Wildman–Crippen LogP) is 1.38. The molecule has 0 saturated heterocycles. The molecule has 0 aliphatic rings. The van der Waals surface area contributed by atoms with Crippen molar-refractivity contribution in [3.8, 4) is 5.75 Å². The van der Waals surface area contributed by atoms with E-state index < -0.39 is 5.97 Å². The van der Waals surface area contributed by atoms with Gasteiger partial charge in [-0.1, -0.05) is 0 Å². The van der Waals surface area contributed by atoms with E-state index in [-0.39, 0.29) is 25.7 Å². The van der Waals surface area contributed by atoms with Gasteiger partial charge in [0, 0.05) is 18.0 Å². The van der Waals surface area contributed by atoms with Crippen molar-refractivity contribution in [3.63, 3.8) is 0 Å². The number of nitrogens with one attached hydrogen (secondary N) is 1. The minimum Gasteiger partial charge on any atom is -0.497 e. The summed E-state index contributed by atoms with van der Waals surface area (Å²) in [6, 6.07) is 7.22. The van der Waals surface area contributed by atoms with Gasteiger partial charge in [-0.2, -0.15) is 0 Å². The van der Waals surface area contributed by atoms with E-state index in [0.717, 1.165) is 10.9 Å². The Balaban J connectivity index is 2.05. The molecule has 0 fully saturated rings. The highest BCUT2D eigenvalue weighted by Crippen LogP contribution is 2.21. The number of aryl methyl sites for hydroxylation is 1. The molecule has 2 aromatic rings. The van der Waals surface area contributed by atoms with Crippen LogP contribution in [0.4, 0.5) is 0 Å². The quantitative estimate of drug-likeness (QED) is 0.749. The van der Waals surface area contributed by atoms with Gasteiger partial charge < -0.3 is 19.9 Å². The average molecular weight is 318 g/mol. The van der Waals surface area contributed by atoms with Crippen LogP contribution in [0.3, 0.4) is 0 Å². The molecule has 2 N–H and O–H groups in total. The Bertz CT molecular complexity index is 730. The number of carbonyl (C=O) groups excluding carboxylic acids is 1. The van der Waals surface area contributed by atoms with E-state index in [1.165, 1.54) is 0 Å². The molecule has 0 aliphatic carbocycles. The molecule has 122 valence electrons. The van der Waals surface area contributed by atoms with Gasteiger partial charge in [0.05, 0.1) is 30.5 Å². The minimum absolute atomic E-state index is 0.134. The van der Waals surface area contributed by atoms with Crippen molar-refractivity contribution in [1.82, 2.24) is 10.3 Å². The molecule has 1 amide bonds. The number of pyridine rings is 1. The summed E-state index contributed by atoms with van der Waals surface area (Å²) in [6.07, 6.45) is 0. The number of rotatable bonds is 7. The lowest BCUT2D eigenvalue weighted by Crippen LogP contribution is -2.28. The van der Waals surface area contributed by atoms with Crippen molar-refractivity contribution in [2.24, 2.45) is 0 Å². The van der Waals surface area contributed by atoms with Crippen LogP contribution in [-0.2, 0) is 9.53 Å². The second-order valence-electron chi connectivity index (χ2n) is 4.88. The minimum atomic E-state index is -1.04. The maximum atomic E-state index is 12.2. The molecule has 0 atom stereocenters. The number of hydrogen-bond acceptors (Lipinski definition) is 5. The standard InChI is InChI=1S/C16H18N2O5/c1-10-13(16(21)17-5-6-23-9-15(19)20)7-11-3-4-12(22-2)8-14(11)18-10/h3-4,7-8H,5-6,9H2,1-2H3,(H,17,21)(H,19,20). The van der Waals surface area contributed by atoms with Crippen LogP contribution < -0.4 is 10.1 Å². The van der Waals surface area contributed by atoms with Gasteiger partial charge in [0.2, 0.25) is 0 Å². The molecule has 23 heavy (non-hydrogen) atoms. The highest BCUT2D eigenvalue weighted by Gasteiger charge is 2.11. The van der Waals surface area contributed by atoms with E-state index in [4.69, 9.17) is 14.6 Å². The van der Waals surface area contributed by atoms with Crippen LogP contribution in [0, 0.1) is 6.92 Å². The molecule has 1 aromatic carbocycles. The van der Waals surface area contributed by atoms with Gasteiger partial charge in [0.25, 0.3) is 5.91 Å². The fourth-order valence-corrected chi connectivity index (χ4v) is 2.09. The number of carboxylic acid groups (broad SMARTS) is 1. The van der Waals surface area contributed by atoms with Crippen LogP contribution in [0.25, 0.3) is 10.9 Å². The lowest BCUT2D eigenvalue weighted by atomic mass is 10.1. The number of aliphatic carboxylic acids is 1. The lowest BCUT2D eigenvalue weighted by molar-refractivity contribution is -0.142. The third kappa shape index (κ3) is 4.40. The van der Waals surface area contributed by atoms with Crippen LogP contribution in [0.1, 0.15) is 16.1 Å². The van der Waals surface area contributed by atoms with Gasteiger partial charge in [-0.15, -0.1) is 0 Å². The van der Waals surface area contributed by atoms with Gasteiger partial charge in [0.1, 0.15) is 12.4 Å². The third-order valence-electron chi connectivity index (χ3n) is 3.22. The van der Waals surface area contributed by atoms with Crippen molar-refractivity contribution in [1.29, 1.82) is 0 Å². The molecule has 0 radical (unpaired) electrons. The summed E-state index contributed by atoms with van der Waals surface area (Å²) in [6.45, 7) is 1.74. The molecule has 0 unspecified atom stereocenters. The molecule has 0 saturated carbocycles. The molecule has 1 aromatic heterocycles. The Morgan fingerprint density at radius 1 is 1.30 bits per heavy atom. The molecule has 0 spiro atoms. The number of carbonyl (C=O) groups is 2. The summed E-state index contributed by atoms with van der Waals surface area (Å²) in [5.41, 5.74) is 1.83. The number of carboxylic acids is 1. The SMILES string of the molecule is COc1ccc2cc(C(=O)NCCOCC(=O)O)c(C)nc2c1. The summed E-state index contributed by atoms with van der Waals surface area (Å²) >= 11 is 0. The van der Waals surface area contributed by atoms with Gasteiger partial charge in [-0.05, 0) is 25.1 Å². The molecule has 1 heterocycles. The Morgan fingerprint density at radius 2 is 2.09 bits per heavy atom. The van der Waals surface area contributed by atoms with Crippen LogP contribution in [0.5, 0.6) is 5.75 Å². The lowest BCUT2D eigenvalue weighted by Gasteiger charge is -2.09. The summed E-state index contributed by atoms with van der Waals surface area (Å²) in [4.78, 5) is 26.9. The van der Waals surface area contributed by atoms with Crippen LogP contribution in [0.15, 0.2) is 24.3 Å². The number of methoxy groups -OCH3 is 1. The third-order valence-corrected chi connectivity index (χ3v) is 3.22. The predicted molar refractivity (Wildman–Crippen MR) is 83.8 cm³/mol. The second-order valence-corrected chi connectivity index (χ2v) is 4.88. The molecular formula is C16H18N2O5. The first-order valence-corrected chi connectivity index (χ1v) is 7.04. The van der Waals surface area contributed by atoms with Crippen molar-refractivity contribution in [2.75, 3.05) is 26.9 Å². The number of benzene rings is 1. The van der Waals surface area contributed by atoms with Gasteiger partial charge in [-0.25, -0.2) is 4.79 Å². The van der Waals surface area contributed by atoms with Crippen molar-refractivity contribution >= 4 is 22.8 Å². The summed E-state index contributed by atoms with van der Waals surface area (Å²) in [5.74, 6) is -0.606. The van der Waals surface area contributed by atoms with Crippen LogP contribution in [0.2, 0.25) is 0 Å². The van der Waals surface area contributed by atoms with Gasteiger partial charge in [0.15, 0.2) is 0 Å². The molecule has 0 bridgehead atoms. The number of amides is 1. The fourth-order valence-electron chi connectivity index (χ4n) is 2.09. The maximum absolute atomic E-state index is 12.2. The number of fused-ring (bicyclic) bond motifs is 1. The zero-order valence-electron chi connectivity index (χ0n) is 13.0. The van der Waals surface area contributed by atoms with Crippen molar-refractivity contribution in [3.05, 3.63) is 35.5 Å². The Labute approximate surface area is 133 Å². The first kappa shape index (κ1) is 16.7. The Kier molecular flexibility index (Phi) is 5.48. The first-order chi connectivity index (χ1) is 11.0. The van der Waals surface area contributed by atoms with Crippen LogP contribution in [-0.4, -0.2) is 48.8 Å². The fraction of sp³-hybridized carbons (Fsp3) is 0.312. The van der Waals surface area contributed by atoms with E-state index in [2.05, 4.69) is 10.3 Å². The second kappa shape index (κ2) is 7.55. The maximum Gasteiger partial charge on any atom is 0.329 e. The highest BCUT2D eigenvalue weighted by molar-refractivity contribution is 5.98. The molecular weight excluding hydrogens is 300 g/mol. The first-order valence-electron chi connectivity index (χ1n) is 7.04. The normalized spacial score (nSPS) is 10.5. The molecule has 7 heteroatoms. The van der Waals surface area contributed by atoms with Crippen LogP contribution >= 0.6 is 0 Å². The van der Waals surface area contributed by atoms with Crippen molar-refractivity contribution < 1.29 is 24.2 Å². The topological polar surface area (TPSA) is 97.8 Å². The van der Waals surface area contributed by atoms with Crippen molar-refractivity contribution in [2.45, 2.75) is 6.92 Å². The Hall–Kier alpha value is -2.67. The van der Waals surface area contributed by atoms with E-state index in [1.807, 2.05) is 12.1 Å². The zero-order chi connectivity index (χ0) is 16.8. The van der Waals surface area contributed by atoms with Gasteiger partial charge >= 0.3 is 5.97 Å². The molecule has 7 nitrogen and oxygen atoms in total. The van der Waals surface area contributed by atoms with E-state index in [0.29, 0.717) is 17.0 Å². The molecule has 0 aliphatic heterocycles. The highest BCUT2D eigenvalue weighted by atomic mass is 16.5. The average Bonchev–Trinajstić information content (AvgIpc) is 2.52. The van der Waals surface area contributed by atoms with E-state index in [9.17, 15) is 9.59 Å². The number of ether oxygens (including phenoxy) is 2. The Morgan fingerprint density at radius 3 is 2.78 bits per heavy atom. The van der Waals surface area contributed by atoms with Gasteiger partial charge in [-0.3, -0.25) is 9.78 Å². The number of aromatic nitrogens is 1. The number of nitrogens with zero attached hydrogens (tertiary/aromatic N) is 1. The van der Waals surface area contributed by atoms with E-state index in [1.54, 1.807) is 26.2 Å². The summed E-state index contributed by atoms with van der Waals surface area (Å²) < 4.78 is 10.0. The monoisotopic (exact) mass is 318 g/mol. The number of hydrogen-bond donors (Lipinski definition) is 2. The van der Waals surface area contributed by atoms with E-state index >= 15 is 0 Å². The zero-order valence-corrected chi connectivity index (χ0v) is 13.0.